The van der Waals surface area contributed by atoms with Gasteiger partial charge >= 0.3 is 6.09 Å². The van der Waals surface area contributed by atoms with Gasteiger partial charge in [0.05, 0.1) is 12.3 Å². The van der Waals surface area contributed by atoms with Crippen molar-refractivity contribution in [1.29, 1.82) is 0 Å². The van der Waals surface area contributed by atoms with Crippen LogP contribution in [-0.4, -0.2) is 47.8 Å². The third-order valence-corrected chi connectivity index (χ3v) is 3.79. The summed E-state index contributed by atoms with van der Waals surface area (Å²) < 4.78 is 10.0. The lowest BCUT2D eigenvalue weighted by molar-refractivity contribution is 0.0683. The van der Waals surface area contributed by atoms with Crippen molar-refractivity contribution in [2.75, 3.05) is 19.7 Å². The fourth-order valence-electron chi connectivity index (χ4n) is 2.71. The van der Waals surface area contributed by atoms with Gasteiger partial charge in [0.25, 0.3) is 5.91 Å². The molecular formula is C15H23N3O4. The zero-order valence-corrected chi connectivity index (χ0v) is 13.3. The molecule has 2 amide bonds. The van der Waals surface area contributed by atoms with Crippen LogP contribution in [0, 0.1) is 6.92 Å². The standard InChI is InChI=1S/C15H23N3O4/c1-4-12-13(10(3)22-17-12)14(19)18-8-6-7-11(9-18)16-15(20)21-5-2/h11H,4-9H2,1-3H3,(H,16,20)/t11-/m1/s1. The number of aryl methyl sites for hydroxylation is 2. The van der Waals surface area contributed by atoms with E-state index < -0.39 is 6.09 Å². The van der Waals surface area contributed by atoms with E-state index in [0.29, 0.717) is 43.1 Å². The predicted molar refractivity (Wildman–Crippen MR) is 79.7 cm³/mol. The number of likely N-dealkylation sites (tertiary alicyclic amines) is 1. The smallest absolute Gasteiger partial charge is 0.407 e. The molecule has 7 heteroatoms. The molecule has 0 aliphatic carbocycles. The van der Waals surface area contributed by atoms with E-state index in [9.17, 15) is 9.59 Å². The second kappa shape index (κ2) is 7.29. The van der Waals surface area contributed by atoms with Crippen LogP contribution in [0.4, 0.5) is 4.79 Å². The number of nitrogens with one attached hydrogen (secondary N) is 1. The highest BCUT2D eigenvalue weighted by Gasteiger charge is 2.29. The number of nitrogens with zero attached hydrogens (tertiary/aromatic N) is 2. The minimum absolute atomic E-state index is 0.0778. The SMILES string of the molecule is CCOC(=O)N[C@@H]1CCCN(C(=O)c2c(CC)noc2C)C1. The van der Waals surface area contributed by atoms with E-state index >= 15 is 0 Å². The molecule has 1 aromatic heterocycles. The molecule has 1 aliphatic heterocycles. The van der Waals surface area contributed by atoms with Crippen LogP contribution >= 0.6 is 0 Å². The van der Waals surface area contributed by atoms with Crippen molar-refractivity contribution in [3.63, 3.8) is 0 Å². The quantitative estimate of drug-likeness (QED) is 0.918. The Balaban J connectivity index is 2.04. The molecule has 0 spiro atoms. The largest absolute Gasteiger partial charge is 0.450 e. The molecule has 122 valence electrons. The highest BCUT2D eigenvalue weighted by Crippen LogP contribution is 2.19. The maximum atomic E-state index is 12.7. The van der Waals surface area contributed by atoms with E-state index in [-0.39, 0.29) is 11.9 Å². The second-order valence-corrected chi connectivity index (χ2v) is 5.37. The van der Waals surface area contributed by atoms with Crippen molar-refractivity contribution in [3.05, 3.63) is 17.0 Å². The van der Waals surface area contributed by atoms with Crippen molar-refractivity contribution in [2.45, 2.75) is 46.1 Å². The van der Waals surface area contributed by atoms with Crippen molar-refractivity contribution in [2.24, 2.45) is 0 Å². The molecule has 22 heavy (non-hydrogen) atoms. The fraction of sp³-hybridized carbons (Fsp3) is 0.667. The number of rotatable bonds is 4. The van der Waals surface area contributed by atoms with Crippen LogP contribution in [0.2, 0.25) is 0 Å². The summed E-state index contributed by atoms with van der Waals surface area (Å²) in [6, 6.07) is -0.0815. The van der Waals surface area contributed by atoms with Gasteiger partial charge in [-0.3, -0.25) is 4.79 Å². The number of carbonyl (C=O) groups excluding carboxylic acids is 2. The first-order chi connectivity index (χ1) is 10.6. The predicted octanol–water partition coefficient (Wildman–Crippen LogP) is 1.90. The molecule has 2 heterocycles. The van der Waals surface area contributed by atoms with Gasteiger partial charge < -0.3 is 19.5 Å². The van der Waals surface area contributed by atoms with Crippen LogP contribution in [0.1, 0.15) is 48.5 Å². The van der Waals surface area contributed by atoms with Gasteiger partial charge in [0, 0.05) is 19.1 Å². The maximum absolute atomic E-state index is 12.7. The summed E-state index contributed by atoms with van der Waals surface area (Å²) in [5.41, 5.74) is 1.24. The lowest BCUT2D eigenvalue weighted by Gasteiger charge is -2.32. The lowest BCUT2D eigenvalue weighted by atomic mass is 10.0. The van der Waals surface area contributed by atoms with Gasteiger partial charge in [-0.1, -0.05) is 12.1 Å². The molecule has 1 N–H and O–H groups in total. The molecule has 0 saturated carbocycles. The monoisotopic (exact) mass is 309 g/mol. The zero-order chi connectivity index (χ0) is 16.1. The lowest BCUT2D eigenvalue weighted by Crippen LogP contribution is -2.49. The van der Waals surface area contributed by atoms with E-state index in [1.807, 2.05) is 6.92 Å². The first kappa shape index (κ1) is 16.3. The van der Waals surface area contributed by atoms with E-state index in [4.69, 9.17) is 9.26 Å². The van der Waals surface area contributed by atoms with Crippen molar-refractivity contribution < 1.29 is 18.8 Å². The van der Waals surface area contributed by atoms with Gasteiger partial charge in [0.1, 0.15) is 11.3 Å². The van der Waals surface area contributed by atoms with Crippen LogP contribution in [0.3, 0.4) is 0 Å². The molecule has 1 saturated heterocycles. The summed E-state index contributed by atoms with van der Waals surface area (Å²) in [6.07, 6.45) is 1.90. The molecule has 1 atom stereocenters. The molecule has 0 aromatic carbocycles. The fourth-order valence-corrected chi connectivity index (χ4v) is 2.71. The number of amides is 2. The van der Waals surface area contributed by atoms with E-state index in [1.54, 1.807) is 18.7 Å². The van der Waals surface area contributed by atoms with Crippen LogP contribution in [0.25, 0.3) is 0 Å². The third-order valence-electron chi connectivity index (χ3n) is 3.79. The molecule has 1 aromatic rings. The Morgan fingerprint density at radius 2 is 2.23 bits per heavy atom. The number of hydrogen-bond acceptors (Lipinski definition) is 5. The van der Waals surface area contributed by atoms with E-state index in [0.717, 1.165) is 12.8 Å². The van der Waals surface area contributed by atoms with Gasteiger partial charge in [-0.25, -0.2) is 4.79 Å². The Kier molecular flexibility index (Phi) is 5.41. The third kappa shape index (κ3) is 3.58. The van der Waals surface area contributed by atoms with Gasteiger partial charge in [0.2, 0.25) is 0 Å². The van der Waals surface area contributed by atoms with Crippen LogP contribution in [0.15, 0.2) is 4.52 Å². The Labute approximate surface area is 130 Å². The summed E-state index contributed by atoms with van der Waals surface area (Å²) in [6.45, 7) is 6.93. The first-order valence-electron chi connectivity index (χ1n) is 7.74. The first-order valence-corrected chi connectivity index (χ1v) is 7.74. The molecule has 0 radical (unpaired) electrons. The van der Waals surface area contributed by atoms with Crippen molar-refractivity contribution in [1.82, 2.24) is 15.4 Å². The summed E-state index contributed by atoms with van der Waals surface area (Å²) in [5, 5.41) is 6.73. The topological polar surface area (TPSA) is 84.7 Å². The molecule has 1 fully saturated rings. The zero-order valence-electron chi connectivity index (χ0n) is 13.3. The Morgan fingerprint density at radius 3 is 2.91 bits per heavy atom. The minimum Gasteiger partial charge on any atom is -0.450 e. The van der Waals surface area contributed by atoms with Gasteiger partial charge in [-0.2, -0.15) is 0 Å². The summed E-state index contributed by atoms with van der Waals surface area (Å²) in [5.74, 6) is 0.466. The summed E-state index contributed by atoms with van der Waals surface area (Å²) in [7, 11) is 0. The highest BCUT2D eigenvalue weighted by molar-refractivity contribution is 5.96. The molecule has 0 unspecified atom stereocenters. The van der Waals surface area contributed by atoms with Gasteiger partial charge in [-0.05, 0) is 33.1 Å². The Hall–Kier alpha value is -2.05. The van der Waals surface area contributed by atoms with Crippen LogP contribution in [-0.2, 0) is 11.2 Å². The number of aromatic nitrogens is 1. The molecule has 1 aliphatic rings. The molecule has 0 bridgehead atoms. The Morgan fingerprint density at radius 1 is 1.45 bits per heavy atom. The van der Waals surface area contributed by atoms with Crippen LogP contribution < -0.4 is 5.32 Å². The average Bonchev–Trinajstić information content (AvgIpc) is 2.88. The highest BCUT2D eigenvalue weighted by atomic mass is 16.5. The number of piperidine rings is 1. The molecule has 2 rings (SSSR count). The average molecular weight is 309 g/mol. The minimum atomic E-state index is -0.433. The van der Waals surface area contributed by atoms with Gasteiger partial charge in [0.15, 0.2) is 0 Å². The number of carbonyl (C=O) groups is 2. The number of hydrogen-bond donors (Lipinski definition) is 1. The summed E-state index contributed by atoms with van der Waals surface area (Å²) >= 11 is 0. The Bertz CT molecular complexity index is 541. The van der Waals surface area contributed by atoms with E-state index in [2.05, 4.69) is 10.5 Å². The maximum Gasteiger partial charge on any atom is 0.407 e. The summed E-state index contributed by atoms with van der Waals surface area (Å²) in [4.78, 5) is 26.0. The number of ether oxygens (including phenoxy) is 1. The second-order valence-electron chi connectivity index (χ2n) is 5.37. The number of alkyl carbamates (subject to hydrolysis) is 1. The van der Waals surface area contributed by atoms with Crippen LogP contribution in [0.5, 0.6) is 0 Å². The molecule has 7 nitrogen and oxygen atoms in total. The van der Waals surface area contributed by atoms with E-state index in [1.165, 1.54) is 0 Å². The van der Waals surface area contributed by atoms with Crippen molar-refractivity contribution >= 4 is 12.0 Å². The molecular weight excluding hydrogens is 286 g/mol. The van der Waals surface area contributed by atoms with Gasteiger partial charge in [-0.15, -0.1) is 0 Å². The normalized spacial score (nSPS) is 18.1. The van der Waals surface area contributed by atoms with Crippen molar-refractivity contribution in [3.8, 4) is 0 Å².